The summed E-state index contributed by atoms with van der Waals surface area (Å²) in [5, 5.41) is -0.595. The zero-order chi connectivity index (χ0) is 12.6. The van der Waals surface area contributed by atoms with Gasteiger partial charge in [0.2, 0.25) is 5.24 Å². The van der Waals surface area contributed by atoms with Crippen molar-refractivity contribution in [1.82, 2.24) is 0 Å². The highest BCUT2D eigenvalue weighted by Gasteiger charge is 2.12. The molecule has 0 spiro atoms. The number of hydrogen-bond donors (Lipinski definition) is 0. The van der Waals surface area contributed by atoms with Gasteiger partial charge < -0.3 is 9.47 Å². The van der Waals surface area contributed by atoms with Crippen LogP contribution in [0, 0.1) is 0 Å². The van der Waals surface area contributed by atoms with Gasteiger partial charge in [-0.05, 0) is 18.5 Å². The summed E-state index contributed by atoms with van der Waals surface area (Å²) in [6.45, 7) is 4.73. The van der Waals surface area contributed by atoms with E-state index in [-0.39, 0.29) is 19.4 Å². The maximum Gasteiger partial charge on any atom is 0.330 e. The number of carbonyl (C=O) groups is 3. The van der Waals surface area contributed by atoms with Crippen molar-refractivity contribution in [3.05, 3.63) is 12.7 Å². The molecule has 0 saturated heterocycles. The van der Waals surface area contributed by atoms with E-state index in [0.717, 1.165) is 6.08 Å². The molecule has 0 aromatic heterocycles. The van der Waals surface area contributed by atoms with Crippen LogP contribution in [0.2, 0.25) is 0 Å². The Morgan fingerprint density at radius 2 is 2.00 bits per heavy atom. The highest BCUT2D eigenvalue weighted by Crippen LogP contribution is 2.01. The van der Waals surface area contributed by atoms with Gasteiger partial charge in [-0.3, -0.25) is 9.59 Å². The summed E-state index contributed by atoms with van der Waals surface area (Å²) in [7, 11) is 0. The second-order valence-corrected chi connectivity index (χ2v) is 3.41. The average molecular weight is 249 g/mol. The van der Waals surface area contributed by atoms with Crippen LogP contribution < -0.4 is 0 Å². The van der Waals surface area contributed by atoms with Gasteiger partial charge in [0.25, 0.3) is 0 Å². The fraction of sp³-hybridized carbons (Fsp3) is 0.500. The van der Waals surface area contributed by atoms with Gasteiger partial charge in [0.05, 0.1) is 6.42 Å². The number of esters is 2. The van der Waals surface area contributed by atoms with E-state index < -0.39 is 23.3 Å². The quantitative estimate of drug-likeness (QED) is 0.385. The molecule has 16 heavy (non-hydrogen) atoms. The first kappa shape index (κ1) is 14.6. The molecule has 0 aliphatic heterocycles. The minimum absolute atomic E-state index is 0.0502. The normalized spacial score (nSPS) is 11.4. The van der Waals surface area contributed by atoms with E-state index in [9.17, 15) is 14.4 Å². The van der Waals surface area contributed by atoms with E-state index in [2.05, 4.69) is 11.3 Å². The van der Waals surface area contributed by atoms with E-state index in [4.69, 9.17) is 16.3 Å². The maximum absolute atomic E-state index is 11.1. The van der Waals surface area contributed by atoms with Crippen molar-refractivity contribution >= 4 is 28.8 Å². The SMILES string of the molecule is C=CC(=O)OCC(C)OC(=O)CCC(=O)Cl. The molecule has 1 unspecified atom stereocenters. The molecule has 1 atom stereocenters. The lowest BCUT2D eigenvalue weighted by molar-refractivity contribution is -0.156. The van der Waals surface area contributed by atoms with Gasteiger partial charge in [0.15, 0.2) is 0 Å². The van der Waals surface area contributed by atoms with Crippen molar-refractivity contribution in [1.29, 1.82) is 0 Å². The van der Waals surface area contributed by atoms with Crippen LogP contribution in [0.15, 0.2) is 12.7 Å². The fourth-order valence-corrected chi connectivity index (χ4v) is 0.871. The average Bonchev–Trinajstić information content (AvgIpc) is 2.23. The molecule has 0 aromatic rings. The fourth-order valence-electron chi connectivity index (χ4n) is 0.776. The van der Waals surface area contributed by atoms with Crippen LogP contribution in [0.3, 0.4) is 0 Å². The molecule has 0 bridgehead atoms. The molecule has 0 fully saturated rings. The third kappa shape index (κ3) is 7.99. The van der Waals surface area contributed by atoms with Gasteiger partial charge >= 0.3 is 11.9 Å². The van der Waals surface area contributed by atoms with Gasteiger partial charge in [0.1, 0.15) is 12.7 Å². The molecule has 0 heterocycles. The Bertz CT molecular complexity index is 287. The minimum atomic E-state index is -0.595. The van der Waals surface area contributed by atoms with Crippen molar-refractivity contribution in [2.24, 2.45) is 0 Å². The zero-order valence-corrected chi connectivity index (χ0v) is 9.66. The summed E-state index contributed by atoms with van der Waals surface area (Å²) in [6, 6.07) is 0. The Morgan fingerprint density at radius 3 is 2.50 bits per heavy atom. The molecule has 0 aromatic carbocycles. The molecule has 0 radical (unpaired) electrons. The molecular formula is C10H13ClO5. The molecule has 0 N–H and O–H groups in total. The van der Waals surface area contributed by atoms with Crippen LogP contribution in [-0.4, -0.2) is 29.9 Å². The summed E-state index contributed by atoms with van der Waals surface area (Å²) >= 11 is 5.05. The Hall–Kier alpha value is -1.36. The smallest absolute Gasteiger partial charge is 0.330 e. The first-order valence-corrected chi connectivity index (χ1v) is 5.00. The second kappa shape index (κ2) is 7.87. The van der Waals surface area contributed by atoms with Gasteiger partial charge in [-0.2, -0.15) is 0 Å². The van der Waals surface area contributed by atoms with E-state index in [1.165, 1.54) is 0 Å². The third-order valence-corrected chi connectivity index (χ3v) is 1.67. The first-order chi connectivity index (χ1) is 7.45. The van der Waals surface area contributed by atoms with Crippen LogP contribution >= 0.6 is 11.6 Å². The van der Waals surface area contributed by atoms with Crippen LogP contribution in [0.1, 0.15) is 19.8 Å². The monoisotopic (exact) mass is 248 g/mol. The molecule has 0 aliphatic carbocycles. The van der Waals surface area contributed by atoms with Crippen LogP contribution in [0.25, 0.3) is 0 Å². The maximum atomic E-state index is 11.1. The highest BCUT2D eigenvalue weighted by molar-refractivity contribution is 6.63. The van der Waals surface area contributed by atoms with Gasteiger partial charge in [-0.1, -0.05) is 6.58 Å². The van der Waals surface area contributed by atoms with Crippen molar-refractivity contribution in [3.8, 4) is 0 Å². The highest BCUT2D eigenvalue weighted by atomic mass is 35.5. The molecule has 5 nitrogen and oxygen atoms in total. The van der Waals surface area contributed by atoms with E-state index in [1.54, 1.807) is 6.92 Å². The molecule has 90 valence electrons. The summed E-state index contributed by atoms with van der Waals surface area (Å²) in [5.74, 6) is -1.14. The largest absolute Gasteiger partial charge is 0.459 e. The van der Waals surface area contributed by atoms with Crippen molar-refractivity contribution in [3.63, 3.8) is 0 Å². The van der Waals surface area contributed by atoms with Crippen LogP contribution in [-0.2, 0) is 23.9 Å². The number of halogens is 1. The van der Waals surface area contributed by atoms with E-state index >= 15 is 0 Å². The number of ether oxygens (including phenoxy) is 2. The summed E-state index contributed by atoms with van der Waals surface area (Å²) in [4.78, 5) is 32.1. The molecule has 0 saturated carbocycles. The zero-order valence-electron chi connectivity index (χ0n) is 8.90. The molecule has 0 amide bonds. The Morgan fingerprint density at radius 1 is 1.38 bits per heavy atom. The molecule has 0 aliphatic rings. The summed E-state index contributed by atoms with van der Waals surface area (Å²) < 4.78 is 9.49. The molecular weight excluding hydrogens is 236 g/mol. The standard InChI is InChI=1S/C10H13ClO5/c1-3-9(13)15-6-7(2)16-10(14)5-4-8(11)12/h3,7H,1,4-6H2,2H3. The molecule has 6 heteroatoms. The minimum Gasteiger partial charge on any atom is -0.459 e. The predicted octanol–water partition coefficient (Wildman–Crippen LogP) is 1.19. The topological polar surface area (TPSA) is 69.7 Å². The predicted molar refractivity (Wildman–Crippen MR) is 56.8 cm³/mol. The van der Waals surface area contributed by atoms with Crippen molar-refractivity contribution in [2.45, 2.75) is 25.9 Å². The third-order valence-electron chi connectivity index (χ3n) is 1.49. The molecule has 0 rings (SSSR count). The lowest BCUT2D eigenvalue weighted by atomic mass is 10.3. The van der Waals surface area contributed by atoms with Gasteiger partial charge in [-0.25, -0.2) is 4.79 Å². The Labute approximate surface area is 98.3 Å². The van der Waals surface area contributed by atoms with Gasteiger partial charge in [-0.15, -0.1) is 0 Å². The number of rotatable bonds is 7. The van der Waals surface area contributed by atoms with Crippen LogP contribution in [0.4, 0.5) is 0 Å². The Balaban J connectivity index is 3.73. The van der Waals surface area contributed by atoms with Crippen molar-refractivity contribution < 1.29 is 23.9 Å². The lowest BCUT2D eigenvalue weighted by Crippen LogP contribution is -2.21. The summed E-state index contributed by atoms with van der Waals surface area (Å²) in [6.07, 6.45) is 0.296. The second-order valence-electron chi connectivity index (χ2n) is 2.99. The van der Waals surface area contributed by atoms with Gasteiger partial charge in [0, 0.05) is 12.5 Å². The first-order valence-electron chi connectivity index (χ1n) is 4.62. The van der Waals surface area contributed by atoms with E-state index in [0.29, 0.717) is 0 Å². The van der Waals surface area contributed by atoms with Crippen LogP contribution in [0.5, 0.6) is 0 Å². The van der Waals surface area contributed by atoms with Crippen molar-refractivity contribution in [2.75, 3.05) is 6.61 Å². The Kier molecular flexibility index (Phi) is 7.20. The number of carbonyl (C=O) groups excluding carboxylic acids is 3. The van der Waals surface area contributed by atoms with E-state index in [1.807, 2.05) is 0 Å². The summed E-state index contributed by atoms with van der Waals surface area (Å²) in [5.41, 5.74) is 0. The lowest BCUT2D eigenvalue weighted by Gasteiger charge is -2.12. The number of hydrogen-bond acceptors (Lipinski definition) is 5.